The van der Waals surface area contributed by atoms with Crippen molar-refractivity contribution in [2.24, 2.45) is 0 Å². The number of hydrogen-bond donors (Lipinski definition) is 1. The van der Waals surface area contributed by atoms with Gasteiger partial charge < -0.3 is 10.1 Å². The van der Waals surface area contributed by atoms with Crippen molar-refractivity contribution >= 4 is 46.8 Å². The first kappa shape index (κ1) is 34.6. The van der Waals surface area contributed by atoms with E-state index in [1.165, 1.54) is 81.3 Å². The summed E-state index contributed by atoms with van der Waals surface area (Å²) in [5.74, 6) is -3.75. The van der Waals surface area contributed by atoms with E-state index in [9.17, 15) is 24.0 Å². The Balaban J connectivity index is 1.42. The topological polar surface area (TPSA) is 110 Å². The number of Topliss-reactive ketones (excluding diaryl/α,β-unsaturated/α-hetero) is 1. The first-order chi connectivity index (χ1) is 22.2. The van der Waals surface area contributed by atoms with Gasteiger partial charge in [0, 0.05) is 5.56 Å². The smallest absolute Gasteiger partial charge is 0.338 e. The van der Waals surface area contributed by atoms with Crippen LogP contribution in [0, 0.1) is 6.92 Å². The summed E-state index contributed by atoms with van der Waals surface area (Å²) in [5.41, 5.74) is 1.18. The highest BCUT2D eigenvalue weighted by Crippen LogP contribution is 2.29. The number of halogens is 1. The van der Waals surface area contributed by atoms with Crippen molar-refractivity contribution in [1.29, 1.82) is 0 Å². The van der Waals surface area contributed by atoms with E-state index in [2.05, 4.69) is 12.2 Å². The van der Waals surface area contributed by atoms with Gasteiger partial charge in [0.2, 0.25) is 0 Å². The maximum atomic E-state index is 13.9. The molecule has 4 rings (SSSR count). The molecule has 1 aliphatic heterocycles. The fraction of sp³-hybridized carbons (Fsp3) is 0.378. The van der Waals surface area contributed by atoms with Crippen molar-refractivity contribution in [3.63, 3.8) is 0 Å². The van der Waals surface area contributed by atoms with Crippen LogP contribution in [0.1, 0.15) is 118 Å². The number of esters is 1. The molecule has 1 N–H and O–H groups in total. The second-order valence-corrected chi connectivity index (χ2v) is 12.0. The zero-order valence-corrected chi connectivity index (χ0v) is 27.2. The number of ether oxygens (including phenoxy) is 1. The minimum Gasteiger partial charge on any atom is -0.462 e. The van der Waals surface area contributed by atoms with Crippen LogP contribution in [0.25, 0.3) is 0 Å². The lowest BCUT2D eigenvalue weighted by atomic mass is 9.97. The minimum absolute atomic E-state index is 0.0410. The number of nitrogens with one attached hydrogen (secondary N) is 1. The molecule has 0 aliphatic carbocycles. The van der Waals surface area contributed by atoms with E-state index in [1.54, 1.807) is 37.3 Å². The first-order valence-corrected chi connectivity index (χ1v) is 16.5. The third kappa shape index (κ3) is 8.49. The van der Waals surface area contributed by atoms with E-state index in [0.29, 0.717) is 10.5 Å². The number of imide groups is 1. The number of carbonyl (C=O) groups excluding carboxylic acids is 5. The van der Waals surface area contributed by atoms with E-state index < -0.39 is 35.5 Å². The number of aryl methyl sites for hydroxylation is 1. The Labute approximate surface area is 275 Å². The van der Waals surface area contributed by atoms with Crippen molar-refractivity contribution in [2.75, 3.05) is 11.9 Å². The quantitative estimate of drug-likeness (QED) is 0.0521. The van der Waals surface area contributed by atoms with Crippen LogP contribution in [0.2, 0.25) is 5.02 Å². The van der Waals surface area contributed by atoms with Crippen molar-refractivity contribution in [3.05, 3.63) is 99.6 Å². The van der Waals surface area contributed by atoms with E-state index >= 15 is 0 Å². The SMILES string of the molecule is CCCCCCCCCCCCOC(=O)c1ccc(Cl)c(NC(=O)C(C(=O)c2ccccc2C)N2C(=O)c3ccccc3C2=O)c1. The lowest BCUT2D eigenvalue weighted by Crippen LogP contribution is -2.52. The molecule has 46 heavy (non-hydrogen) atoms. The predicted octanol–water partition coefficient (Wildman–Crippen LogP) is 8.21. The monoisotopic (exact) mass is 644 g/mol. The molecule has 9 heteroatoms. The number of nitrogens with zero attached hydrogens (tertiary/aromatic N) is 1. The van der Waals surface area contributed by atoms with E-state index in [0.717, 1.165) is 19.3 Å². The number of amides is 3. The fourth-order valence-electron chi connectivity index (χ4n) is 5.58. The Hall–Kier alpha value is -4.30. The molecule has 8 nitrogen and oxygen atoms in total. The van der Waals surface area contributed by atoms with Crippen molar-refractivity contribution < 1.29 is 28.7 Å². The number of rotatable bonds is 17. The van der Waals surface area contributed by atoms with Crippen molar-refractivity contribution in [2.45, 2.75) is 84.1 Å². The number of unbranched alkanes of at least 4 members (excludes halogenated alkanes) is 9. The largest absolute Gasteiger partial charge is 0.462 e. The van der Waals surface area contributed by atoms with Gasteiger partial charge in [0.15, 0.2) is 11.8 Å². The van der Waals surface area contributed by atoms with Crippen LogP contribution in [0.15, 0.2) is 66.7 Å². The molecular formula is C37H41ClN2O6. The zero-order valence-electron chi connectivity index (χ0n) is 26.5. The molecular weight excluding hydrogens is 604 g/mol. The van der Waals surface area contributed by atoms with Crippen molar-refractivity contribution in [3.8, 4) is 0 Å². The van der Waals surface area contributed by atoms with Gasteiger partial charge in [-0.15, -0.1) is 0 Å². The number of fused-ring (bicyclic) bond motifs is 1. The molecule has 1 heterocycles. The molecule has 3 amide bonds. The maximum absolute atomic E-state index is 13.9. The third-order valence-corrected chi connectivity index (χ3v) is 8.51. The summed E-state index contributed by atoms with van der Waals surface area (Å²) in [5, 5.41) is 2.69. The van der Waals surface area contributed by atoms with Gasteiger partial charge in [-0.2, -0.15) is 0 Å². The van der Waals surface area contributed by atoms with Crippen LogP contribution in [0.4, 0.5) is 5.69 Å². The lowest BCUT2D eigenvalue weighted by molar-refractivity contribution is -0.118. The highest BCUT2D eigenvalue weighted by Gasteiger charge is 2.46. The molecule has 1 atom stereocenters. The average molecular weight is 645 g/mol. The Morgan fingerprint density at radius 1 is 0.783 bits per heavy atom. The van der Waals surface area contributed by atoms with Gasteiger partial charge in [-0.1, -0.05) is 113 Å². The summed E-state index contributed by atoms with van der Waals surface area (Å²) < 4.78 is 5.46. The molecule has 3 aromatic carbocycles. The van der Waals surface area contributed by atoms with Crippen LogP contribution >= 0.6 is 11.6 Å². The molecule has 0 spiro atoms. The van der Waals surface area contributed by atoms with Gasteiger partial charge in [0.25, 0.3) is 17.7 Å². The summed E-state index contributed by atoms with van der Waals surface area (Å²) in [6.07, 6.45) is 11.6. The Morgan fingerprint density at radius 3 is 1.96 bits per heavy atom. The molecule has 1 unspecified atom stereocenters. The third-order valence-electron chi connectivity index (χ3n) is 8.18. The van der Waals surface area contributed by atoms with Gasteiger partial charge >= 0.3 is 5.97 Å². The fourth-order valence-corrected chi connectivity index (χ4v) is 5.74. The Kier molecular flexibility index (Phi) is 12.7. The average Bonchev–Trinajstić information content (AvgIpc) is 3.30. The zero-order chi connectivity index (χ0) is 33.1. The van der Waals surface area contributed by atoms with Crippen LogP contribution in [-0.2, 0) is 9.53 Å². The molecule has 0 bridgehead atoms. The molecule has 0 aromatic heterocycles. The summed E-state index contributed by atoms with van der Waals surface area (Å²) in [4.78, 5) is 67.9. The first-order valence-electron chi connectivity index (χ1n) is 16.1. The highest BCUT2D eigenvalue weighted by molar-refractivity contribution is 6.34. The number of benzene rings is 3. The lowest BCUT2D eigenvalue weighted by Gasteiger charge is -2.25. The number of ketones is 1. The number of anilines is 1. The molecule has 0 saturated carbocycles. The van der Waals surface area contributed by atoms with Gasteiger partial charge in [-0.25, -0.2) is 4.79 Å². The molecule has 0 saturated heterocycles. The predicted molar refractivity (Wildman–Crippen MR) is 178 cm³/mol. The summed E-state index contributed by atoms with van der Waals surface area (Å²) >= 11 is 6.38. The van der Waals surface area contributed by atoms with E-state index in [-0.39, 0.29) is 39.6 Å². The van der Waals surface area contributed by atoms with Gasteiger partial charge in [0.1, 0.15) is 0 Å². The second kappa shape index (κ2) is 16.9. The summed E-state index contributed by atoms with van der Waals surface area (Å²) in [6, 6.07) is 15.2. The maximum Gasteiger partial charge on any atom is 0.338 e. The number of carbonyl (C=O) groups is 5. The normalized spacial score (nSPS) is 13.0. The summed E-state index contributed by atoms with van der Waals surface area (Å²) in [6.45, 7) is 4.19. The summed E-state index contributed by atoms with van der Waals surface area (Å²) in [7, 11) is 0. The minimum atomic E-state index is -1.82. The standard InChI is InChI=1S/C37H41ClN2O6/c1-3-4-5-6-7-8-9-10-11-16-23-46-37(45)26-21-22-30(38)31(24-26)39-34(42)32(33(41)27-18-13-12-17-25(27)2)40-35(43)28-19-14-15-20-29(28)36(40)44/h12-15,17-22,24,32H,3-11,16,23H2,1-2H3,(H,39,42). The number of hydrogen-bond acceptors (Lipinski definition) is 6. The molecule has 1 aliphatic rings. The van der Waals surface area contributed by atoms with Gasteiger partial charge in [0.05, 0.1) is 34.0 Å². The van der Waals surface area contributed by atoms with E-state index in [4.69, 9.17) is 16.3 Å². The Morgan fingerprint density at radius 2 is 1.35 bits per heavy atom. The van der Waals surface area contributed by atoms with Gasteiger partial charge in [-0.05, 0) is 49.2 Å². The Bertz CT molecular complexity index is 1550. The van der Waals surface area contributed by atoms with Crippen LogP contribution in [-0.4, -0.2) is 47.0 Å². The van der Waals surface area contributed by atoms with Crippen LogP contribution in [0.5, 0.6) is 0 Å². The highest BCUT2D eigenvalue weighted by atomic mass is 35.5. The molecule has 3 aromatic rings. The van der Waals surface area contributed by atoms with Crippen LogP contribution in [0.3, 0.4) is 0 Å². The molecule has 242 valence electrons. The second-order valence-electron chi connectivity index (χ2n) is 11.6. The van der Waals surface area contributed by atoms with Crippen molar-refractivity contribution in [1.82, 2.24) is 4.90 Å². The van der Waals surface area contributed by atoms with Crippen LogP contribution < -0.4 is 5.32 Å². The molecule has 0 radical (unpaired) electrons. The van der Waals surface area contributed by atoms with Gasteiger partial charge in [-0.3, -0.25) is 24.1 Å². The molecule has 0 fully saturated rings. The van der Waals surface area contributed by atoms with E-state index in [1.807, 2.05) is 0 Å².